The summed E-state index contributed by atoms with van der Waals surface area (Å²) >= 11 is 0. The van der Waals surface area contributed by atoms with Crippen LogP contribution < -0.4 is 10.6 Å². The number of rotatable bonds is 5. The normalized spacial score (nSPS) is 25.3. The Hall–Kier alpha value is -2.12. The third-order valence-electron chi connectivity index (χ3n) is 4.36. The molecule has 2 heterocycles. The minimum absolute atomic E-state index is 0.178. The van der Waals surface area contributed by atoms with Crippen molar-refractivity contribution in [3.8, 4) is 0 Å². The van der Waals surface area contributed by atoms with Crippen molar-refractivity contribution in [3.63, 3.8) is 0 Å². The Morgan fingerprint density at radius 3 is 2.52 bits per heavy atom. The minimum atomic E-state index is -1.02. The van der Waals surface area contributed by atoms with Crippen molar-refractivity contribution < 1.29 is 24.3 Å². The van der Waals surface area contributed by atoms with Crippen LogP contribution in [-0.4, -0.2) is 58.4 Å². The Balaban J connectivity index is 2.05. The van der Waals surface area contributed by atoms with Gasteiger partial charge in [0.15, 0.2) is 0 Å². The van der Waals surface area contributed by atoms with Gasteiger partial charge in [0.05, 0.1) is 0 Å². The van der Waals surface area contributed by atoms with E-state index in [1.165, 1.54) is 4.90 Å². The summed E-state index contributed by atoms with van der Waals surface area (Å²) in [4.78, 5) is 48.7. The quantitative estimate of drug-likeness (QED) is 0.629. The number of likely N-dealkylation sites (tertiary alicyclic amines) is 1. The highest BCUT2D eigenvalue weighted by Gasteiger charge is 2.39. The minimum Gasteiger partial charge on any atom is -0.480 e. The molecule has 23 heavy (non-hydrogen) atoms. The van der Waals surface area contributed by atoms with E-state index in [0.29, 0.717) is 32.2 Å². The lowest BCUT2D eigenvalue weighted by Gasteiger charge is -2.30. The van der Waals surface area contributed by atoms with E-state index in [1.807, 2.05) is 0 Å². The van der Waals surface area contributed by atoms with Crippen molar-refractivity contribution >= 4 is 23.7 Å². The summed E-state index contributed by atoms with van der Waals surface area (Å²) in [5.74, 6) is -2.15. The molecule has 128 valence electrons. The fourth-order valence-corrected chi connectivity index (χ4v) is 3.04. The highest BCUT2D eigenvalue weighted by Crippen LogP contribution is 2.20. The molecule has 0 saturated carbocycles. The van der Waals surface area contributed by atoms with E-state index in [0.717, 1.165) is 0 Å². The Morgan fingerprint density at radius 1 is 1.30 bits per heavy atom. The van der Waals surface area contributed by atoms with Crippen LogP contribution in [0, 0.1) is 5.92 Å². The third-order valence-corrected chi connectivity index (χ3v) is 4.36. The first-order valence-electron chi connectivity index (χ1n) is 7.94. The second kappa shape index (κ2) is 6.97. The maximum atomic E-state index is 12.7. The van der Waals surface area contributed by atoms with Gasteiger partial charge in [-0.15, -0.1) is 0 Å². The van der Waals surface area contributed by atoms with Gasteiger partial charge >= 0.3 is 5.97 Å². The molecule has 0 radical (unpaired) electrons. The lowest BCUT2D eigenvalue weighted by atomic mass is 10.0. The molecule has 0 aliphatic carbocycles. The SMILES string of the molecule is CC(C)[C@H](NC(=O)[C@@H]1CCC(=O)N1)C(=O)N1CCC[C@H]1C(=O)O. The molecular weight excluding hydrogens is 302 g/mol. The molecule has 3 amide bonds. The first-order valence-corrected chi connectivity index (χ1v) is 7.94. The van der Waals surface area contributed by atoms with Crippen molar-refractivity contribution in [2.75, 3.05) is 6.54 Å². The molecule has 3 atom stereocenters. The molecule has 8 heteroatoms. The summed E-state index contributed by atoms with van der Waals surface area (Å²) in [6.07, 6.45) is 1.77. The molecule has 2 rings (SSSR count). The van der Waals surface area contributed by atoms with Crippen LogP contribution in [0.1, 0.15) is 39.5 Å². The number of carboxylic acid groups (broad SMARTS) is 1. The maximum absolute atomic E-state index is 12.7. The fourth-order valence-electron chi connectivity index (χ4n) is 3.04. The van der Waals surface area contributed by atoms with E-state index < -0.39 is 30.0 Å². The summed E-state index contributed by atoms with van der Waals surface area (Å²) in [5, 5.41) is 14.4. The number of carboxylic acids is 1. The van der Waals surface area contributed by atoms with Crippen LogP contribution in [0.3, 0.4) is 0 Å². The highest BCUT2D eigenvalue weighted by atomic mass is 16.4. The molecule has 0 aromatic rings. The molecule has 3 N–H and O–H groups in total. The second-order valence-corrected chi connectivity index (χ2v) is 6.42. The van der Waals surface area contributed by atoms with Crippen LogP contribution in [-0.2, 0) is 19.2 Å². The summed E-state index contributed by atoms with van der Waals surface area (Å²) < 4.78 is 0. The van der Waals surface area contributed by atoms with E-state index >= 15 is 0 Å². The van der Waals surface area contributed by atoms with E-state index in [1.54, 1.807) is 13.8 Å². The highest BCUT2D eigenvalue weighted by molar-refractivity contribution is 5.95. The predicted octanol–water partition coefficient (Wildman–Crippen LogP) is -0.519. The first kappa shape index (κ1) is 17.2. The van der Waals surface area contributed by atoms with E-state index in [4.69, 9.17) is 0 Å². The van der Waals surface area contributed by atoms with Crippen LogP contribution >= 0.6 is 0 Å². The van der Waals surface area contributed by atoms with Crippen molar-refractivity contribution in [3.05, 3.63) is 0 Å². The molecule has 0 unspecified atom stereocenters. The van der Waals surface area contributed by atoms with Crippen LogP contribution in [0.25, 0.3) is 0 Å². The largest absolute Gasteiger partial charge is 0.480 e. The van der Waals surface area contributed by atoms with E-state index in [-0.39, 0.29) is 17.7 Å². The summed E-state index contributed by atoms with van der Waals surface area (Å²) in [5.41, 5.74) is 0. The Bertz CT molecular complexity index is 519. The summed E-state index contributed by atoms with van der Waals surface area (Å²) in [7, 11) is 0. The Morgan fingerprint density at radius 2 is 2.00 bits per heavy atom. The number of nitrogens with one attached hydrogen (secondary N) is 2. The van der Waals surface area contributed by atoms with Crippen LogP contribution in [0.5, 0.6) is 0 Å². The van der Waals surface area contributed by atoms with Crippen LogP contribution in [0.15, 0.2) is 0 Å². The van der Waals surface area contributed by atoms with E-state index in [9.17, 15) is 24.3 Å². The standard InChI is InChI=1S/C15H23N3O5/c1-8(2)12(17-13(20)9-5-6-11(19)16-9)14(21)18-7-3-4-10(18)15(22)23/h8-10,12H,3-7H2,1-2H3,(H,16,19)(H,17,20)(H,22,23)/t9-,10-,12-/m0/s1. The number of aliphatic carboxylic acids is 1. The molecule has 0 aromatic heterocycles. The maximum Gasteiger partial charge on any atom is 0.326 e. The zero-order valence-corrected chi connectivity index (χ0v) is 13.4. The van der Waals surface area contributed by atoms with Crippen molar-refractivity contribution in [1.82, 2.24) is 15.5 Å². The number of amides is 3. The monoisotopic (exact) mass is 325 g/mol. The van der Waals surface area contributed by atoms with Crippen molar-refractivity contribution in [1.29, 1.82) is 0 Å². The molecule has 2 fully saturated rings. The predicted molar refractivity (Wildman–Crippen MR) is 80.3 cm³/mol. The average Bonchev–Trinajstić information content (AvgIpc) is 3.11. The van der Waals surface area contributed by atoms with Gasteiger partial charge in [0.1, 0.15) is 18.1 Å². The lowest BCUT2D eigenvalue weighted by Crippen LogP contribution is -2.56. The smallest absolute Gasteiger partial charge is 0.326 e. The zero-order valence-electron chi connectivity index (χ0n) is 13.4. The molecule has 2 aliphatic rings. The molecule has 0 bridgehead atoms. The fraction of sp³-hybridized carbons (Fsp3) is 0.733. The van der Waals surface area contributed by atoms with Gasteiger partial charge < -0.3 is 20.6 Å². The van der Waals surface area contributed by atoms with Crippen molar-refractivity contribution in [2.24, 2.45) is 5.92 Å². The van der Waals surface area contributed by atoms with Crippen LogP contribution in [0.2, 0.25) is 0 Å². The van der Waals surface area contributed by atoms with Gasteiger partial charge in [0.2, 0.25) is 17.7 Å². The van der Waals surface area contributed by atoms with Gasteiger partial charge in [0, 0.05) is 13.0 Å². The van der Waals surface area contributed by atoms with Gasteiger partial charge in [-0.2, -0.15) is 0 Å². The van der Waals surface area contributed by atoms with Crippen LogP contribution in [0.4, 0.5) is 0 Å². The molecular formula is C15H23N3O5. The molecule has 2 aliphatic heterocycles. The number of carbonyl (C=O) groups excluding carboxylic acids is 3. The number of hydrogen-bond acceptors (Lipinski definition) is 4. The molecule has 8 nitrogen and oxygen atoms in total. The number of carbonyl (C=O) groups is 4. The Labute approximate surface area is 134 Å². The average molecular weight is 325 g/mol. The number of nitrogens with zero attached hydrogens (tertiary/aromatic N) is 1. The second-order valence-electron chi connectivity index (χ2n) is 6.42. The van der Waals surface area contributed by atoms with Gasteiger partial charge in [0.25, 0.3) is 0 Å². The van der Waals surface area contributed by atoms with Gasteiger partial charge in [-0.1, -0.05) is 13.8 Å². The molecule has 0 spiro atoms. The zero-order chi connectivity index (χ0) is 17.1. The van der Waals surface area contributed by atoms with Gasteiger partial charge in [-0.25, -0.2) is 4.79 Å². The number of hydrogen-bond donors (Lipinski definition) is 3. The molecule has 2 saturated heterocycles. The van der Waals surface area contributed by atoms with Crippen molar-refractivity contribution in [2.45, 2.75) is 57.7 Å². The third kappa shape index (κ3) is 3.80. The van der Waals surface area contributed by atoms with Gasteiger partial charge in [-0.05, 0) is 25.2 Å². The topological polar surface area (TPSA) is 116 Å². The summed E-state index contributed by atoms with van der Waals surface area (Å²) in [6.45, 7) is 3.97. The van der Waals surface area contributed by atoms with Gasteiger partial charge in [-0.3, -0.25) is 14.4 Å². The lowest BCUT2D eigenvalue weighted by molar-refractivity contribution is -0.150. The van der Waals surface area contributed by atoms with E-state index in [2.05, 4.69) is 10.6 Å². The summed E-state index contributed by atoms with van der Waals surface area (Å²) in [6, 6.07) is -2.24. The molecule has 0 aromatic carbocycles. The first-order chi connectivity index (χ1) is 10.8. The Kier molecular flexibility index (Phi) is 5.23.